The van der Waals surface area contributed by atoms with E-state index in [4.69, 9.17) is 4.74 Å². The van der Waals surface area contributed by atoms with Gasteiger partial charge < -0.3 is 15.4 Å². The van der Waals surface area contributed by atoms with Crippen LogP contribution in [0.3, 0.4) is 0 Å². The van der Waals surface area contributed by atoms with Gasteiger partial charge in [0.15, 0.2) is 0 Å². The fraction of sp³-hybridized carbons (Fsp3) is 0.765. The quantitative estimate of drug-likeness (QED) is 0.758. The fourth-order valence-electron chi connectivity index (χ4n) is 2.03. The van der Waals surface area contributed by atoms with Gasteiger partial charge in [-0.25, -0.2) is 9.78 Å². The van der Waals surface area contributed by atoms with E-state index >= 15 is 0 Å². The topological polar surface area (TPSA) is 63.2 Å². The number of carbonyl (C=O) groups excluding carboxylic acids is 1. The van der Waals surface area contributed by atoms with Crippen molar-refractivity contribution in [2.45, 2.75) is 60.1 Å². The Hall–Kier alpha value is -1.14. The number of rotatable bonds is 8. The predicted molar refractivity (Wildman–Crippen MR) is 95.8 cm³/mol. The van der Waals surface area contributed by atoms with Crippen molar-refractivity contribution >= 4 is 17.4 Å². The smallest absolute Gasteiger partial charge is 0.407 e. The minimum absolute atomic E-state index is 0.351. The lowest BCUT2D eigenvalue weighted by Crippen LogP contribution is -2.39. The number of nitrogens with one attached hydrogen (secondary N) is 2. The van der Waals surface area contributed by atoms with Crippen LogP contribution < -0.4 is 10.6 Å². The maximum atomic E-state index is 11.8. The summed E-state index contributed by atoms with van der Waals surface area (Å²) in [7, 11) is 0. The van der Waals surface area contributed by atoms with Gasteiger partial charge in [-0.05, 0) is 39.0 Å². The van der Waals surface area contributed by atoms with Crippen molar-refractivity contribution in [3.05, 3.63) is 16.1 Å². The van der Waals surface area contributed by atoms with E-state index in [1.54, 1.807) is 11.3 Å². The molecule has 23 heavy (non-hydrogen) atoms. The Bertz CT molecular complexity index is 480. The lowest BCUT2D eigenvalue weighted by Gasteiger charge is -2.24. The molecule has 1 heterocycles. The van der Waals surface area contributed by atoms with Gasteiger partial charge in [-0.2, -0.15) is 0 Å². The molecule has 0 aliphatic carbocycles. The predicted octanol–water partition coefficient (Wildman–Crippen LogP) is 3.59. The van der Waals surface area contributed by atoms with Crippen molar-refractivity contribution in [2.75, 3.05) is 13.1 Å². The largest absolute Gasteiger partial charge is 0.444 e. The highest BCUT2D eigenvalue weighted by Crippen LogP contribution is 2.14. The van der Waals surface area contributed by atoms with Crippen molar-refractivity contribution in [3.63, 3.8) is 0 Å². The minimum Gasteiger partial charge on any atom is -0.444 e. The second-order valence-electron chi connectivity index (χ2n) is 7.09. The standard InChI is InChI=1S/C17H31N3O2S/c1-7-14-10-19-15(23-14)11-18-8-13(12(2)3)9-20-16(21)22-17(4,5)6/h10,12-13,18H,7-9,11H2,1-6H3,(H,20,21). The van der Waals surface area contributed by atoms with Gasteiger partial charge in [0.2, 0.25) is 0 Å². The van der Waals surface area contributed by atoms with Crippen molar-refractivity contribution < 1.29 is 9.53 Å². The van der Waals surface area contributed by atoms with E-state index in [0.29, 0.717) is 18.4 Å². The van der Waals surface area contributed by atoms with Crippen LogP contribution in [0.5, 0.6) is 0 Å². The zero-order valence-electron chi connectivity index (χ0n) is 15.2. The van der Waals surface area contributed by atoms with E-state index in [1.807, 2.05) is 27.0 Å². The molecule has 1 aromatic rings. The van der Waals surface area contributed by atoms with Crippen molar-refractivity contribution in [1.29, 1.82) is 0 Å². The van der Waals surface area contributed by atoms with Gasteiger partial charge in [-0.1, -0.05) is 20.8 Å². The molecule has 0 aliphatic heterocycles. The van der Waals surface area contributed by atoms with Crippen molar-refractivity contribution in [1.82, 2.24) is 15.6 Å². The zero-order chi connectivity index (χ0) is 17.5. The highest BCUT2D eigenvalue weighted by molar-refractivity contribution is 7.11. The SMILES string of the molecule is CCc1cnc(CNCC(CNC(=O)OC(C)(C)C)C(C)C)s1. The number of hydrogen-bond donors (Lipinski definition) is 2. The first-order chi connectivity index (χ1) is 10.7. The average molecular weight is 342 g/mol. The number of carbonyl (C=O) groups is 1. The van der Waals surface area contributed by atoms with Crippen LogP contribution >= 0.6 is 11.3 Å². The Morgan fingerprint density at radius 2 is 2.04 bits per heavy atom. The maximum absolute atomic E-state index is 11.8. The average Bonchev–Trinajstić information content (AvgIpc) is 2.88. The molecule has 5 nitrogen and oxygen atoms in total. The van der Waals surface area contributed by atoms with Gasteiger partial charge in [0.1, 0.15) is 10.6 Å². The molecule has 0 bridgehead atoms. The van der Waals surface area contributed by atoms with E-state index in [1.165, 1.54) is 4.88 Å². The number of aromatic nitrogens is 1. The van der Waals surface area contributed by atoms with E-state index in [2.05, 4.69) is 36.4 Å². The van der Waals surface area contributed by atoms with Crippen LogP contribution in [0.4, 0.5) is 4.79 Å². The van der Waals surface area contributed by atoms with Gasteiger partial charge in [0.25, 0.3) is 0 Å². The molecule has 0 aromatic carbocycles. The van der Waals surface area contributed by atoms with Crippen LogP contribution in [0.1, 0.15) is 51.4 Å². The molecule has 2 N–H and O–H groups in total. The number of ether oxygens (including phenoxy) is 1. The van der Waals surface area contributed by atoms with Crippen LogP contribution in [-0.2, 0) is 17.7 Å². The molecule has 0 saturated heterocycles. The summed E-state index contributed by atoms with van der Waals surface area (Å²) in [5.74, 6) is 0.827. The molecule has 0 radical (unpaired) electrons. The highest BCUT2D eigenvalue weighted by Gasteiger charge is 2.19. The van der Waals surface area contributed by atoms with Gasteiger partial charge in [-0.15, -0.1) is 11.3 Å². The number of aryl methyl sites for hydroxylation is 1. The summed E-state index contributed by atoms with van der Waals surface area (Å²) in [6, 6.07) is 0. The molecule has 132 valence electrons. The van der Waals surface area contributed by atoms with E-state index < -0.39 is 5.60 Å². The number of thiazole rings is 1. The van der Waals surface area contributed by atoms with Gasteiger partial charge in [0.05, 0.1) is 0 Å². The molecule has 6 heteroatoms. The number of amides is 1. The lowest BCUT2D eigenvalue weighted by atomic mass is 9.96. The van der Waals surface area contributed by atoms with Crippen LogP contribution in [0.25, 0.3) is 0 Å². The summed E-state index contributed by atoms with van der Waals surface area (Å²) < 4.78 is 5.28. The first-order valence-corrected chi connectivity index (χ1v) is 9.14. The molecular weight excluding hydrogens is 310 g/mol. The molecule has 1 unspecified atom stereocenters. The van der Waals surface area contributed by atoms with Crippen molar-refractivity contribution in [2.24, 2.45) is 11.8 Å². The monoisotopic (exact) mass is 341 g/mol. The summed E-state index contributed by atoms with van der Waals surface area (Å²) in [5.41, 5.74) is -0.461. The molecule has 0 fully saturated rings. The Morgan fingerprint density at radius 1 is 1.35 bits per heavy atom. The van der Waals surface area contributed by atoms with E-state index in [0.717, 1.165) is 24.5 Å². The molecule has 1 rings (SSSR count). The highest BCUT2D eigenvalue weighted by atomic mass is 32.1. The Morgan fingerprint density at radius 3 is 2.57 bits per heavy atom. The van der Waals surface area contributed by atoms with Crippen LogP contribution in [0, 0.1) is 11.8 Å². The van der Waals surface area contributed by atoms with Gasteiger partial charge >= 0.3 is 6.09 Å². The molecular formula is C17H31N3O2S. The first-order valence-electron chi connectivity index (χ1n) is 8.32. The number of hydrogen-bond acceptors (Lipinski definition) is 5. The second-order valence-corrected chi connectivity index (χ2v) is 8.29. The van der Waals surface area contributed by atoms with Gasteiger partial charge in [-0.3, -0.25) is 0 Å². The van der Waals surface area contributed by atoms with E-state index in [9.17, 15) is 4.79 Å². The third-order valence-electron chi connectivity index (χ3n) is 3.48. The number of nitrogens with zero attached hydrogens (tertiary/aromatic N) is 1. The van der Waals surface area contributed by atoms with Crippen LogP contribution in [-0.4, -0.2) is 29.8 Å². The third kappa shape index (κ3) is 8.32. The zero-order valence-corrected chi connectivity index (χ0v) is 16.0. The normalized spacial score (nSPS) is 13.2. The van der Waals surface area contributed by atoms with E-state index in [-0.39, 0.29) is 6.09 Å². The van der Waals surface area contributed by atoms with Crippen LogP contribution in [0.2, 0.25) is 0 Å². The fourth-order valence-corrected chi connectivity index (χ4v) is 2.86. The molecule has 0 saturated carbocycles. The molecule has 0 aliphatic rings. The lowest BCUT2D eigenvalue weighted by molar-refractivity contribution is 0.0515. The summed E-state index contributed by atoms with van der Waals surface area (Å²) in [6.45, 7) is 14.3. The first kappa shape index (κ1) is 19.9. The third-order valence-corrected chi connectivity index (χ3v) is 4.62. The maximum Gasteiger partial charge on any atom is 0.407 e. The summed E-state index contributed by atoms with van der Waals surface area (Å²) in [4.78, 5) is 17.5. The summed E-state index contributed by atoms with van der Waals surface area (Å²) in [6.07, 6.45) is 2.63. The molecule has 1 atom stereocenters. The Labute approximate surface area is 144 Å². The second kappa shape index (κ2) is 9.23. The molecule has 0 spiro atoms. The summed E-state index contributed by atoms with van der Waals surface area (Å²) >= 11 is 1.75. The minimum atomic E-state index is -0.461. The van der Waals surface area contributed by atoms with Crippen molar-refractivity contribution in [3.8, 4) is 0 Å². The summed E-state index contributed by atoms with van der Waals surface area (Å²) in [5, 5.41) is 7.43. The molecule has 1 amide bonds. The molecule has 1 aromatic heterocycles. The Balaban J connectivity index is 2.35. The van der Waals surface area contributed by atoms with Gasteiger partial charge in [0, 0.05) is 30.7 Å². The Kier molecular flexibility index (Phi) is 7.99. The number of alkyl carbamates (subject to hydrolysis) is 1. The van der Waals surface area contributed by atoms with Crippen LogP contribution in [0.15, 0.2) is 6.20 Å².